The van der Waals surface area contributed by atoms with Gasteiger partial charge in [0.05, 0.1) is 0 Å². The molecule has 2 aliphatic rings. The number of hydrogen-bond donors (Lipinski definition) is 2. The largest absolute Gasteiger partial charge is 0.478 e. The number of aromatic nitrogens is 2. The normalized spacial score (nSPS) is 16.3. The molecule has 1 fully saturated rings. The quantitative estimate of drug-likeness (QED) is 0.741. The highest BCUT2D eigenvalue weighted by atomic mass is 16.4. The van der Waals surface area contributed by atoms with Crippen LogP contribution in [0.5, 0.6) is 0 Å². The minimum atomic E-state index is -1.26. The molecule has 1 aromatic heterocycles. The zero-order valence-electron chi connectivity index (χ0n) is 17.3. The van der Waals surface area contributed by atoms with Crippen molar-refractivity contribution in [1.82, 2.24) is 14.5 Å². The number of aliphatic carboxylic acids is 2. The predicted molar refractivity (Wildman–Crippen MR) is 114 cm³/mol. The summed E-state index contributed by atoms with van der Waals surface area (Å²) in [5.74, 6) is -1.35. The van der Waals surface area contributed by atoms with Crippen LogP contribution in [0.2, 0.25) is 0 Å². The third-order valence-electron chi connectivity index (χ3n) is 5.40. The van der Waals surface area contributed by atoms with E-state index in [-0.39, 0.29) is 0 Å². The van der Waals surface area contributed by atoms with E-state index in [1.54, 1.807) is 5.57 Å². The van der Waals surface area contributed by atoms with Crippen molar-refractivity contribution in [3.63, 3.8) is 0 Å². The molecule has 7 nitrogen and oxygen atoms in total. The number of fused-ring (bicyclic) bond motifs is 2. The number of rotatable bonds is 2. The lowest BCUT2D eigenvalue weighted by Crippen LogP contribution is -2.27. The maximum atomic E-state index is 9.55. The second kappa shape index (κ2) is 9.54. The Hall–Kier alpha value is -3.19. The Morgan fingerprint density at radius 3 is 2.33 bits per heavy atom. The van der Waals surface area contributed by atoms with Gasteiger partial charge in [-0.2, -0.15) is 0 Å². The van der Waals surface area contributed by atoms with Crippen molar-refractivity contribution in [2.24, 2.45) is 0 Å². The molecule has 2 aliphatic heterocycles. The molecule has 7 heteroatoms. The fourth-order valence-electron chi connectivity index (χ4n) is 3.88. The molecule has 4 rings (SSSR count). The van der Waals surface area contributed by atoms with Crippen LogP contribution in [0.3, 0.4) is 0 Å². The molecule has 1 saturated heterocycles. The van der Waals surface area contributed by atoms with E-state index >= 15 is 0 Å². The number of likely N-dealkylation sites (tertiary alicyclic amines) is 1. The molecule has 0 atom stereocenters. The van der Waals surface area contributed by atoms with Gasteiger partial charge in [0.15, 0.2) is 0 Å². The van der Waals surface area contributed by atoms with Gasteiger partial charge in [-0.3, -0.25) is 0 Å². The van der Waals surface area contributed by atoms with Gasteiger partial charge in [-0.1, -0.05) is 29.3 Å². The maximum Gasteiger partial charge on any atom is 0.328 e. The lowest BCUT2D eigenvalue weighted by molar-refractivity contribution is -0.134. The fraction of sp³-hybridized carbons (Fsp3) is 0.348. The highest BCUT2D eigenvalue weighted by Gasteiger charge is 2.24. The van der Waals surface area contributed by atoms with Gasteiger partial charge in [-0.25, -0.2) is 14.6 Å². The van der Waals surface area contributed by atoms with Crippen LogP contribution in [0, 0.1) is 6.92 Å². The highest BCUT2D eigenvalue weighted by molar-refractivity contribution is 5.89. The molecule has 2 N–H and O–H groups in total. The second-order valence-electron chi connectivity index (χ2n) is 7.65. The summed E-state index contributed by atoms with van der Waals surface area (Å²) in [5.41, 5.74) is 7.23. The first-order valence-electron chi connectivity index (χ1n) is 10.0. The van der Waals surface area contributed by atoms with Crippen LogP contribution < -0.4 is 0 Å². The number of nitrogens with zero attached hydrogens (tertiary/aromatic N) is 3. The Morgan fingerprint density at radius 2 is 1.70 bits per heavy atom. The van der Waals surface area contributed by atoms with Crippen LogP contribution in [0.4, 0.5) is 0 Å². The number of hydrogen-bond acceptors (Lipinski definition) is 4. The van der Waals surface area contributed by atoms with E-state index in [0.29, 0.717) is 12.2 Å². The molecule has 30 heavy (non-hydrogen) atoms. The topological polar surface area (TPSA) is 95.7 Å². The Balaban J connectivity index is 0.000000275. The number of carboxylic acid groups (broad SMARTS) is 2. The van der Waals surface area contributed by atoms with Crippen LogP contribution in [-0.2, 0) is 22.6 Å². The van der Waals surface area contributed by atoms with Crippen LogP contribution >= 0.6 is 0 Å². The Bertz CT molecular complexity index is 978. The highest BCUT2D eigenvalue weighted by Crippen LogP contribution is 2.35. The standard InChI is InChI=1S/C19H23N3.C4H4O4/c1-14-3-4-17-16(13-14)7-11-22-12-8-20-19(22)18(17)15-5-9-21(2)10-6-15;5-3(6)1-2-4(7)8/h3-4,8,12-13H,5-7,9-11H2,1-2H3;1-2H,(H,5,6)(H,7,8)/b;2-1+. The lowest BCUT2D eigenvalue weighted by atomic mass is 9.89. The summed E-state index contributed by atoms with van der Waals surface area (Å²) in [6, 6.07) is 6.92. The number of aryl methyl sites for hydroxylation is 3. The predicted octanol–water partition coefficient (Wildman–Crippen LogP) is 2.99. The van der Waals surface area contributed by atoms with Crippen molar-refractivity contribution < 1.29 is 19.8 Å². The van der Waals surface area contributed by atoms with Gasteiger partial charge in [0.25, 0.3) is 0 Å². The summed E-state index contributed by atoms with van der Waals surface area (Å²) in [5, 5.41) is 15.6. The third-order valence-corrected chi connectivity index (χ3v) is 5.40. The monoisotopic (exact) mass is 409 g/mol. The SMILES string of the molecule is Cc1ccc2c(c1)CCn1ccnc1C2=C1CCN(C)CC1.O=C(O)/C=C/C(=O)O. The third kappa shape index (κ3) is 5.24. The average molecular weight is 409 g/mol. The molecule has 0 saturated carbocycles. The summed E-state index contributed by atoms with van der Waals surface area (Å²) in [4.78, 5) is 26.2. The van der Waals surface area contributed by atoms with E-state index in [4.69, 9.17) is 15.2 Å². The Labute approximate surface area is 176 Å². The van der Waals surface area contributed by atoms with Crippen LogP contribution in [0.25, 0.3) is 5.57 Å². The van der Waals surface area contributed by atoms with Gasteiger partial charge in [0.2, 0.25) is 0 Å². The first-order valence-corrected chi connectivity index (χ1v) is 10.0. The van der Waals surface area contributed by atoms with E-state index in [1.165, 1.54) is 28.1 Å². The molecule has 0 bridgehead atoms. The zero-order valence-corrected chi connectivity index (χ0v) is 17.3. The second-order valence-corrected chi connectivity index (χ2v) is 7.65. The molecule has 158 valence electrons. The minimum Gasteiger partial charge on any atom is -0.478 e. The Kier molecular flexibility index (Phi) is 6.84. The number of carboxylic acids is 2. The van der Waals surface area contributed by atoms with Gasteiger partial charge in [0.1, 0.15) is 5.82 Å². The van der Waals surface area contributed by atoms with Crippen molar-refractivity contribution in [2.45, 2.75) is 32.7 Å². The molecule has 1 aromatic carbocycles. The number of piperidine rings is 1. The summed E-state index contributed by atoms with van der Waals surface area (Å²) >= 11 is 0. The number of imidazole rings is 1. The van der Waals surface area contributed by atoms with Crippen molar-refractivity contribution in [2.75, 3.05) is 20.1 Å². The summed E-state index contributed by atoms with van der Waals surface area (Å²) in [7, 11) is 2.22. The van der Waals surface area contributed by atoms with Crippen LogP contribution in [0.1, 0.15) is 35.4 Å². The van der Waals surface area contributed by atoms with E-state index in [9.17, 15) is 9.59 Å². The molecular formula is C23H27N3O4. The van der Waals surface area contributed by atoms with Crippen molar-refractivity contribution in [3.8, 4) is 0 Å². The van der Waals surface area contributed by atoms with E-state index in [0.717, 1.165) is 38.9 Å². The van der Waals surface area contributed by atoms with Crippen molar-refractivity contribution >= 4 is 17.5 Å². The van der Waals surface area contributed by atoms with Gasteiger partial charge < -0.3 is 19.7 Å². The molecular weight excluding hydrogens is 382 g/mol. The molecule has 0 radical (unpaired) electrons. The first-order chi connectivity index (χ1) is 14.3. The minimum absolute atomic E-state index is 0.558. The van der Waals surface area contributed by atoms with E-state index in [2.05, 4.69) is 47.8 Å². The number of carbonyl (C=O) groups is 2. The lowest BCUT2D eigenvalue weighted by Gasteiger charge is -2.26. The van der Waals surface area contributed by atoms with Gasteiger partial charge in [0, 0.05) is 49.8 Å². The zero-order chi connectivity index (χ0) is 21.7. The fourth-order valence-corrected chi connectivity index (χ4v) is 3.88. The van der Waals surface area contributed by atoms with E-state index in [1.807, 2.05) is 6.20 Å². The molecule has 0 amide bonds. The maximum absolute atomic E-state index is 9.55. The molecule has 3 heterocycles. The number of benzene rings is 1. The summed E-state index contributed by atoms with van der Waals surface area (Å²) < 4.78 is 2.33. The van der Waals surface area contributed by atoms with Crippen molar-refractivity contribution in [3.05, 3.63) is 70.8 Å². The Morgan fingerprint density at radius 1 is 1.03 bits per heavy atom. The molecule has 0 unspecified atom stereocenters. The molecule has 2 aromatic rings. The van der Waals surface area contributed by atoms with Gasteiger partial charge in [-0.15, -0.1) is 0 Å². The van der Waals surface area contributed by atoms with Crippen LogP contribution in [0.15, 0.2) is 48.3 Å². The van der Waals surface area contributed by atoms with Gasteiger partial charge in [-0.05, 0) is 44.4 Å². The van der Waals surface area contributed by atoms with E-state index < -0.39 is 11.9 Å². The average Bonchev–Trinajstić information content (AvgIpc) is 3.11. The smallest absolute Gasteiger partial charge is 0.328 e. The first kappa shape index (κ1) is 21.5. The van der Waals surface area contributed by atoms with Gasteiger partial charge >= 0.3 is 11.9 Å². The summed E-state index contributed by atoms with van der Waals surface area (Å²) in [6.45, 7) is 5.52. The summed E-state index contributed by atoms with van der Waals surface area (Å²) in [6.07, 6.45) is 8.60. The van der Waals surface area contributed by atoms with Crippen molar-refractivity contribution in [1.29, 1.82) is 0 Å². The molecule has 0 spiro atoms. The molecule has 0 aliphatic carbocycles. The van der Waals surface area contributed by atoms with Crippen LogP contribution in [-0.4, -0.2) is 56.7 Å².